The van der Waals surface area contributed by atoms with Crippen molar-refractivity contribution < 1.29 is 19.7 Å². The van der Waals surface area contributed by atoms with Gasteiger partial charge in [0.05, 0.1) is 0 Å². The molecule has 5 N–H and O–H groups in total. The molecule has 0 bridgehead atoms. The van der Waals surface area contributed by atoms with E-state index in [0.717, 1.165) is 5.56 Å². The van der Waals surface area contributed by atoms with E-state index in [1.165, 1.54) is 10.9 Å². The Morgan fingerprint density at radius 2 is 2.09 bits per heavy atom. The first-order valence-electron chi connectivity index (χ1n) is 7.07. The Morgan fingerprint density at radius 1 is 1.39 bits per heavy atom. The van der Waals surface area contributed by atoms with Gasteiger partial charge in [0, 0.05) is 25.4 Å². The Hall–Kier alpha value is -2.58. The van der Waals surface area contributed by atoms with Crippen molar-refractivity contribution in [3.05, 3.63) is 47.7 Å². The van der Waals surface area contributed by atoms with Crippen molar-refractivity contribution in [2.24, 2.45) is 7.05 Å². The molecule has 8 heteroatoms. The van der Waals surface area contributed by atoms with Crippen LogP contribution in [0.15, 0.2) is 36.5 Å². The molecule has 2 rings (SSSR count). The summed E-state index contributed by atoms with van der Waals surface area (Å²) < 4.78 is 6.44. The van der Waals surface area contributed by atoms with Crippen LogP contribution in [0.1, 0.15) is 17.2 Å². The number of alkyl carbamates (subject to hydrolysis) is 1. The van der Waals surface area contributed by atoms with Crippen LogP contribution in [0.4, 0.5) is 10.6 Å². The molecule has 23 heavy (non-hydrogen) atoms. The maximum atomic E-state index is 11.6. The third-order valence-electron chi connectivity index (χ3n) is 3.24. The van der Waals surface area contributed by atoms with Gasteiger partial charge in [-0.3, -0.25) is 4.68 Å². The van der Waals surface area contributed by atoms with Gasteiger partial charge in [-0.1, -0.05) is 30.3 Å². The minimum absolute atomic E-state index is 0.126. The van der Waals surface area contributed by atoms with Crippen molar-refractivity contribution in [1.82, 2.24) is 15.1 Å². The summed E-state index contributed by atoms with van der Waals surface area (Å²) in [5, 5.41) is 26.2. The lowest BCUT2D eigenvalue weighted by atomic mass is 10.1. The fraction of sp³-hybridized carbons (Fsp3) is 0.333. The van der Waals surface area contributed by atoms with Gasteiger partial charge in [0.25, 0.3) is 0 Å². The highest BCUT2D eigenvalue weighted by Crippen LogP contribution is 2.21. The second kappa shape index (κ2) is 7.61. The Labute approximate surface area is 133 Å². The number of hydrogen-bond acceptors (Lipinski definition) is 6. The maximum Gasteiger partial charge on any atom is 0.407 e. The van der Waals surface area contributed by atoms with E-state index in [1.54, 1.807) is 7.05 Å². The number of ether oxygens (including phenoxy) is 1. The molecule has 1 aromatic carbocycles. The summed E-state index contributed by atoms with van der Waals surface area (Å²) in [6.45, 7) is -0.0516. The minimum Gasteiger partial charge on any atom is -0.445 e. The highest BCUT2D eigenvalue weighted by molar-refractivity contribution is 5.67. The van der Waals surface area contributed by atoms with Crippen molar-refractivity contribution in [3.8, 4) is 0 Å². The predicted molar refractivity (Wildman–Crippen MR) is 83.2 cm³/mol. The third-order valence-corrected chi connectivity index (χ3v) is 3.24. The van der Waals surface area contributed by atoms with E-state index in [2.05, 4.69) is 10.4 Å². The van der Waals surface area contributed by atoms with E-state index in [1.807, 2.05) is 30.3 Å². The summed E-state index contributed by atoms with van der Waals surface area (Å²) in [6, 6.07) is 9.21. The number of aromatic nitrogens is 2. The normalized spacial score (nSPS) is 13.3. The molecule has 0 aliphatic heterocycles. The van der Waals surface area contributed by atoms with Crippen molar-refractivity contribution in [3.63, 3.8) is 0 Å². The average molecular weight is 320 g/mol. The molecular weight excluding hydrogens is 300 g/mol. The van der Waals surface area contributed by atoms with Gasteiger partial charge in [-0.15, -0.1) is 0 Å². The number of amides is 1. The molecule has 0 saturated heterocycles. The van der Waals surface area contributed by atoms with Crippen LogP contribution in [0.2, 0.25) is 0 Å². The number of nitrogens with two attached hydrogens (primary N) is 1. The monoisotopic (exact) mass is 320 g/mol. The van der Waals surface area contributed by atoms with Crippen molar-refractivity contribution in [2.75, 3.05) is 12.3 Å². The quantitative estimate of drug-likeness (QED) is 0.608. The van der Waals surface area contributed by atoms with Gasteiger partial charge in [0.2, 0.25) is 0 Å². The summed E-state index contributed by atoms with van der Waals surface area (Å²) in [7, 11) is 1.65. The average Bonchev–Trinajstić information content (AvgIpc) is 2.89. The van der Waals surface area contributed by atoms with Crippen LogP contribution in [-0.2, 0) is 18.4 Å². The molecule has 124 valence electrons. The molecule has 0 spiro atoms. The Bertz CT molecular complexity index is 644. The number of hydrogen-bond donors (Lipinski definition) is 4. The zero-order valence-corrected chi connectivity index (χ0v) is 12.7. The number of nitrogens with zero attached hydrogens (tertiary/aromatic N) is 2. The topological polar surface area (TPSA) is 123 Å². The number of anilines is 1. The minimum atomic E-state index is -1.25. The molecule has 1 heterocycles. The van der Waals surface area contributed by atoms with Crippen LogP contribution in [0.3, 0.4) is 0 Å². The highest BCUT2D eigenvalue weighted by atomic mass is 16.5. The lowest BCUT2D eigenvalue weighted by Crippen LogP contribution is -2.35. The van der Waals surface area contributed by atoms with E-state index in [4.69, 9.17) is 10.5 Å². The van der Waals surface area contributed by atoms with E-state index in [9.17, 15) is 15.0 Å². The molecule has 2 unspecified atom stereocenters. The number of nitrogens with one attached hydrogen (secondary N) is 1. The largest absolute Gasteiger partial charge is 0.445 e. The number of aliphatic hydroxyl groups is 2. The number of aryl methyl sites for hydroxylation is 1. The number of nitrogen functional groups attached to an aromatic ring is 1. The summed E-state index contributed by atoms with van der Waals surface area (Å²) in [5.74, 6) is 0.130. The van der Waals surface area contributed by atoms with Crippen molar-refractivity contribution in [2.45, 2.75) is 18.8 Å². The fourth-order valence-corrected chi connectivity index (χ4v) is 2.03. The van der Waals surface area contributed by atoms with Gasteiger partial charge in [-0.05, 0) is 5.56 Å². The molecule has 0 saturated carbocycles. The highest BCUT2D eigenvalue weighted by Gasteiger charge is 2.23. The first-order chi connectivity index (χ1) is 11.0. The SMILES string of the molecule is Cn1cc(C(O)C(O)CNC(=O)OCc2ccccc2)c(N)n1. The number of carbonyl (C=O) groups is 1. The van der Waals surface area contributed by atoms with Crippen LogP contribution in [0.25, 0.3) is 0 Å². The summed E-state index contributed by atoms with van der Waals surface area (Å²) >= 11 is 0. The van der Waals surface area contributed by atoms with Gasteiger partial charge in [0.15, 0.2) is 5.82 Å². The maximum absolute atomic E-state index is 11.6. The fourth-order valence-electron chi connectivity index (χ4n) is 2.03. The van der Waals surface area contributed by atoms with Gasteiger partial charge in [-0.2, -0.15) is 5.10 Å². The van der Waals surface area contributed by atoms with Crippen LogP contribution in [0, 0.1) is 0 Å². The van der Waals surface area contributed by atoms with Gasteiger partial charge < -0.3 is 26.0 Å². The predicted octanol–water partition coefficient (Wildman–Crippen LogP) is 0.323. The number of rotatable bonds is 6. The number of aliphatic hydroxyl groups excluding tert-OH is 2. The second-order valence-corrected chi connectivity index (χ2v) is 5.10. The van der Waals surface area contributed by atoms with E-state index < -0.39 is 18.3 Å². The van der Waals surface area contributed by atoms with Gasteiger partial charge >= 0.3 is 6.09 Å². The van der Waals surface area contributed by atoms with Crippen LogP contribution < -0.4 is 11.1 Å². The molecule has 2 atom stereocenters. The Kier molecular flexibility index (Phi) is 5.56. The molecule has 8 nitrogen and oxygen atoms in total. The number of carbonyl (C=O) groups excluding carboxylic acids is 1. The molecule has 0 radical (unpaired) electrons. The molecule has 0 fully saturated rings. The molecule has 2 aromatic rings. The molecule has 1 aromatic heterocycles. The summed E-state index contributed by atoms with van der Waals surface area (Å²) in [5.41, 5.74) is 6.79. The number of benzene rings is 1. The van der Waals surface area contributed by atoms with Crippen LogP contribution >= 0.6 is 0 Å². The van der Waals surface area contributed by atoms with Crippen LogP contribution in [0.5, 0.6) is 0 Å². The van der Waals surface area contributed by atoms with Crippen molar-refractivity contribution in [1.29, 1.82) is 0 Å². The zero-order chi connectivity index (χ0) is 16.8. The molecular formula is C15H20N4O4. The molecule has 0 aliphatic rings. The second-order valence-electron chi connectivity index (χ2n) is 5.10. The van der Waals surface area contributed by atoms with E-state index in [0.29, 0.717) is 5.56 Å². The lowest BCUT2D eigenvalue weighted by molar-refractivity contribution is 0.0188. The first-order valence-corrected chi connectivity index (χ1v) is 7.07. The summed E-state index contributed by atoms with van der Waals surface area (Å²) in [4.78, 5) is 11.6. The van der Waals surface area contributed by atoms with Gasteiger partial charge in [-0.25, -0.2) is 4.79 Å². The van der Waals surface area contributed by atoms with E-state index >= 15 is 0 Å². The van der Waals surface area contributed by atoms with E-state index in [-0.39, 0.29) is 19.0 Å². The lowest BCUT2D eigenvalue weighted by Gasteiger charge is -2.17. The smallest absolute Gasteiger partial charge is 0.407 e. The first kappa shape index (κ1) is 16.8. The van der Waals surface area contributed by atoms with Gasteiger partial charge in [0.1, 0.15) is 18.8 Å². The Balaban J connectivity index is 1.78. The zero-order valence-electron chi connectivity index (χ0n) is 12.7. The summed E-state index contributed by atoms with van der Waals surface area (Å²) in [6.07, 6.45) is -1.65. The van der Waals surface area contributed by atoms with Crippen molar-refractivity contribution >= 4 is 11.9 Å². The third kappa shape index (κ3) is 4.70. The standard InChI is InChI=1S/C15H20N4O4/c1-19-8-11(14(16)18-19)13(21)12(20)7-17-15(22)23-9-10-5-3-2-4-6-10/h2-6,8,12-13,20-21H,7,9H2,1H3,(H2,16,18)(H,17,22). The Morgan fingerprint density at radius 3 is 2.70 bits per heavy atom. The molecule has 1 amide bonds. The van der Waals surface area contributed by atoms with Crippen LogP contribution in [-0.4, -0.2) is 38.7 Å². The molecule has 0 aliphatic carbocycles.